The first-order valence-corrected chi connectivity index (χ1v) is 5.72. The number of hydrogen-bond acceptors (Lipinski definition) is 3. The van der Waals surface area contributed by atoms with Crippen molar-refractivity contribution in [3.8, 4) is 0 Å². The van der Waals surface area contributed by atoms with Crippen molar-refractivity contribution >= 4 is 5.91 Å². The summed E-state index contributed by atoms with van der Waals surface area (Å²) in [4.78, 5) is 13.2. The molecule has 15 heavy (non-hydrogen) atoms. The summed E-state index contributed by atoms with van der Waals surface area (Å²) >= 11 is 0. The molecule has 0 saturated heterocycles. The molecule has 1 aliphatic carbocycles. The van der Waals surface area contributed by atoms with E-state index in [0.717, 1.165) is 12.5 Å². The molecule has 1 atom stereocenters. The van der Waals surface area contributed by atoms with Gasteiger partial charge in [-0.15, -0.1) is 0 Å². The summed E-state index contributed by atoms with van der Waals surface area (Å²) < 4.78 is 0. The highest BCUT2D eigenvalue weighted by molar-refractivity contribution is 5.77. The fourth-order valence-corrected chi connectivity index (χ4v) is 1.35. The third kappa shape index (κ3) is 5.74. The molecule has 0 spiro atoms. The van der Waals surface area contributed by atoms with Crippen molar-refractivity contribution in [3.63, 3.8) is 0 Å². The molecule has 0 aromatic rings. The monoisotopic (exact) mass is 214 g/mol. The summed E-state index contributed by atoms with van der Waals surface area (Å²) in [6.07, 6.45) is 2.92. The molecule has 4 heteroatoms. The van der Waals surface area contributed by atoms with E-state index in [1.807, 2.05) is 0 Å². The van der Waals surface area contributed by atoms with Crippen LogP contribution >= 0.6 is 0 Å². The van der Waals surface area contributed by atoms with Gasteiger partial charge in [0, 0.05) is 13.6 Å². The molecule has 1 saturated carbocycles. The van der Waals surface area contributed by atoms with Gasteiger partial charge in [-0.2, -0.15) is 0 Å². The number of carbonyl (C=O) groups excluding carboxylic acids is 1. The van der Waals surface area contributed by atoms with Crippen molar-refractivity contribution in [1.82, 2.24) is 10.2 Å². The molecule has 1 amide bonds. The number of carbonyl (C=O) groups is 1. The van der Waals surface area contributed by atoms with Crippen LogP contribution < -0.4 is 5.32 Å². The smallest absolute Gasteiger partial charge is 0.236 e. The second kappa shape index (κ2) is 6.08. The van der Waals surface area contributed by atoms with Crippen LogP contribution in [-0.4, -0.2) is 48.7 Å². The first kappa shape index (κ1) is 12.5. The standard InChI is InChI=1S/C11H22N2O2/c1-9(14)5-6-13(2)11(15)8-12-7-10-3-4-10/h9-10,12,14H,3-8H2,1-2H3. The zero-order valence-electron chi connectivity index (χ0n) is 9.70. The van der Waals surface area contributed by atoms with Gasteiger partial charge in [0.1, 0.15) is 0 Å². The Kier molecular flexibility index (Phi) is 5.05. The maximum atomic E-state index is 11.5. The molecule has 0 aliphatic heterocycles. The van der Waals surface area contributed by atoms with Crippen LogP contribution in [0.2, 0.25) is 0 Å². The summed E-state index contributed by atoms with van der Waals surface area (Å²) in [6.45, 7) is 3.76. The predicted molar refractivity (Wildman–Crippen MR) is 59.5 cm³/mol. The lowest BCUT2D eigenvalue weighted by atomic mass is 10.3. The molecule has 1 aliphatic rings. The number of likely N-dealkylation sites (N-methyl/N-ethyl adjacent to an activating group) is 1. The van der Waals surface area contributed by atoms with Gasteiger partial charge < -0.3 is 15.3 Å². The normalized spacial score (nSPS) is 17.5. The summed E-state index contributed by atoms with van der Waals surface area (Å²) in [7, 11) is 1.78. The summed E-state index contributed by atoms with van der Waals surface area (Å²) in [5, 5.41) is 12.2. The Balaban J connectivity index is 2.03. The highest BCUT2D eigenvalue weighted by atomic mass is 16.3. The summed E-state index contributed by atoms with van der Waals surface area (Å²) in [6, 6.07) is 0. The molecule has 0 aromatic carbocycles. The minimum Gasteiger partial charge on any atom is -0.393 e. The Bertz CT molecular complexity index is 203. The molecular formula is C11H22N2O2. The topological polar surface area (TPSA) is 52.6 Å². The third-order valence-corrected chi connectivity index (χ3v) is 2.71. The molecule has 1 rings (SSSR count). The zero-order chi connectivity index (χ0) is 11.3. The van der Waals surface area contributed by atoms with Crippen molar-refractivity contribution in [1.29, 1.82) is 0 Å². The van der Waals surface area contributed by atoms with Crippen LogP contribution in [-0.2, 0) is 4.79 Å². The van der Waals surface area contributed by atoms with Gasteiger partial charge in [-0.25, -0.2) is 0 Å². The predicted octanol–water partition coefficient (Wildman–Crippen LogP) is 0.215. The van der Waals surface area contributed by atoms with E-state index in [-0.39, 0.29) is 12.0 Å². The second-order valence-electron chi connectivity index (χ2n) is 4.53. The van der Waals surface area contributed by atoms with Crippen molar-refractivity contribution in [2.24, 2.45) is 5.92 Å². The number of aliphatic hydroxyl groups excluding tert-OH is 1. The van der Waals surface area contributed by atoms with Crippen molar-refractivity contribution in [2.75, 3.05) is 26.7 Å². The van der Waals surface area contributed by atoms with Crippen LogP contribution in [0.15, 0.2) is 0 Å². The van der Waals surface area contributed by atoms with Gasteiger partial charge >= 0.3 is 0 Å². The second-order valence-corrected chi connectivity index (χ2v) is 4.53. The first-order chi connectivity index (χ1) is 7.09. The fourth-order valence-electron chi connectivity index (χ4n) is 1.35. The minimum absolute atomic E-state index is 0.108. The number of nitrogens with zero attached hydrogens (tertiary/aromatic N) is 1. The highest BCUT2D eigenvalue weighted by Crippen LogP contribution is 2.27. The van der Waals surface area contributed by atoms with Gasteiger partial charge in [-0.05, 0) is 38.6 Å². The third-order valence-electron chi connectivity index (χ3n) is 2.71. The van der Waals surface area contributed by atoms with E-state index < -0.39 is 0 Å². The van der Waals surface area contributed by atoms with Crippen LogP contribution in [0.1, 0.15) is 26.2 Å². The lowest BCUT2D eigenvalue weighted by molar-refractivity contribution is -0.129. The lowest BCUT2D eigenvalue weighted by Crippen LogP contribution is -2.37. The van der Waals surface area contributed by atoms with E-state index in [9.17, 15) is 4.79 Å². The average molecular weight is 214 g/mol. The Morgan fingerprint density at radius 2 is 2.27 bits per heavy atom. The molecule has 1 fully saturated rings. The number of amides is 1. The van der Waals surface area contributed by atoms with E-state index >= 15 is 0 Å². The van der Waals surface area contributed by atoms with Crippen molar-refractivity contribution < 1.29 is 9.90 Å². The molecule has 1 unspecified atom stereocenters. The molecule has 4 nitrogen and oxygen atoms in total. The molecule has 0 bridgehead atoms. The maximum absolute atomic E-state index is 11.5. The van der Waals surface area contributed by atoms with E-state index in [4.69, 9.17) is 5.11 Å². The van der Waals surface area contributed by atoms with Crippen LogP contribution in [0.4, 0.5) is 0 Å². The molecular weight excluding hydrogens is 192 g/mol. The van der Waals surface area contributed by atoms with Gasteiger partial charge in [0.05, 0.1) is 12.6 Å². The fraction of sp³-hybridized carbons (Fsp3) is 0.909. The summed E-state index contributed by atoms with van der Waals surface area (Å²) in [5.74, 6) is 0.914. The highest BCUT2D eigenvalue weighted by Gasteiger charge is 2.20. The van der Waals surface area contributed by atoms with Crippen LogP contribution in [0.5, 0.6) is 0 Å². The maximum Gasteiger partial charge on any atom is 0.236 e. The van der Waals surface area contributed by atoms with Gasteiger partial charge in [-0.3, -0.25) is 4.79 Å². The molecule has 88 valence electrons. The van der Waals surface area contributed by atoms with Crippen molar-refractivity contribution in [2.45, 2.75) is 32.3 Å². The number of rotatable bonds is 7. The number of aliphatic hydroxyl groups is 1. The van der Waals surface area contributed by atoms with E-state index in [2.05, 4.69) is 5.32 Å². The van der Waals surface area contributed by atoms with E-state index in [0.29, 0.717) is 19.5 Å². The summed E-state index contributed by atoms with van der Waals surface area (Å²) in [5.41, 5.74) is 0. The molecule has 0 aromatic heterocycles. The first-order valence-electron chi connectivity index (χ1n) is 5.72. The van der Waals surface area contributed by atoms with Gasteiger partial charge in [0.2, 0.25) is 5.91 Å². The van der Waals surface area contributed by atoms with Crippen molar-refractivity contribution in [3.05, 3.63) is 0 Å². The average Bonchev–Trinajstić information content (AvgIpc) is 2.97. The largest absolute Gasteiger partial charge is 0.393 e. The Morgan fingerprint density at radius 3 is 2.80 bits per heavy atom. The zero-order valence-corrected chi connectivity index (χ0v) is 9.70. The molecule has 0 heterocycles. The Hall–Kier alpha value is -0.610. The molecule has 0 radical (unpaired) electrons. The lowest BCUT2D eigenvalue weighted by Gasteiger charge is -2.18. The van der Waals surface area contributed by atoms with Gasteiger partial charge in [0.15, 0.2) is 0 Å². The van der Waals surface area contributed by atoms with Crippen LogP contribution in [0.25, 0.3) is 0 Å². The Morgan fingerprint density at radius 1 is 1.60 bits per heavy atom. The van der Waals surface area contributed by atoms with Crippen LogP contribution in [0, 0.1) is 5.92 Å². The minimum atomic E-state index is -0.334. The Labute approximate surface area is 91.6 Å². The number of nitrogens with one attached hydrogen (secondary N) is 1. The van der Waals surface area contributed by atoms with Crippen LogP contribution in [0.3, 0.4) is 0 Å². The van der Waals surface area contributed by atoms with Gasteiger partial charge in [0.25, 0.3) is 0 Å². The van der Waals surface area contributed by atoms with Gasteiger partial charge in [-0.1, -0.05) is 0 Å². The van der Waals surface area contributed by atoms with E-state index in [1.165, 1.54) is 12.8 Å². The quantitative estimate of drug-likeness (QED) is 0.637. The van der Waals surface area contributed by atoms with E-state index in [1.54, 1.807) is 18.9 Å². The number of hydrogen-bond donors (Lipinski definition) is 2. The SMILES string of the molecule is CC(O)CCN(C)C(=O)CNCC1CC1. The molecule has 2 N–H and O–H groups in total.